The van der Waals surface area contributed by atoms with E-state index in [2.05, 4.69) is 0 Å². The van der Waals surface area contributed by atoms with E-state index in [4.69, 9.17) is 4.42 Å². The molecule has 26 heavy (non-hydrogen) atoms. The molecule has 1 atom stereocenters. The average molecular weight is 398 g/mol. The third-order valence-corrected chi connectivity index (χ3v) is 8.63. The summed E-state index contributed by atoms with van der Waals surface area (Å²) >= 11 is 0. The summed E-state index contributed by atoms with van der Waals surface area (Å²) in [5.41, 5.74) is 2.31. The summed E-state index contributed by atoms with van der Waals surface area (Å²) in [5.74, 6) is 0.338. The topological polar surface area (TPSA) is 84.7 Å². The van der Waals surface area contributed by atoms with Gasteiger partial charge in [-0.25, -0.2) is 16.8 Å². The fourth-order valence-corrected chi connectivity index (χ4v) is 7.52. The minimum absolute atomic E-state index is 0.00764. The summed E-state index contributed by atoms with van der Waals surface area (Å²) in [4.78, 5) is 0.249. The molecule has 6 nitrogen and oxygen atoms in total. The van der Waals surface area contributed by atoms with E-state index >= 15 is 0 Å². The molecule has 0 unspecified atom stereocenters. The van der Waals surface area contributed by atoms with Crippen LogP contribution in [0.15, 0.2) is 39.8 Å². The Hall–Kier alpha value is -1.64. The van der Waals surface area contributed by atoms with E-state index in [9.17, 15) is 16.8 Å². The molecule has 2 aromatic rings. The number of benzene rings is 1. The second-order valence-electron chi connectivity index (χ2n) is 6.91. The molecule has 0 saturated carbocycles. The molecule has 0 bridgehead atoms. The van der Waals surface area contributed by atoms with Gasteiger partial charge in [-0.1, -0.05) is 17.7 Å². The SMILES string of the molecule is Cc1cc(C)c(S(=O)(=O)N(Cc2ccco2)[C@@H]2CCS(=O)(=O)C2)c(C)c1. The number of hydrogen-bond acceptors (Lipinski definition) is 5. The van der Waals surface area contributed by atoms with Crippen LogP contribution in [0.2, 0.25) is 0 Å². The molecule has 1 aromatic heterocycles. The van der Waals surface area contributed by atoms with Gasteiger partial charge in [0.15, 0.2) is 9.84 Å². The Morgan fingerprint density at radius 3 is 2.35 bits per heavy atom. The van der Waals surface area contributed by atoms with Gasteiger partial charge in [-0.15, -0.1) is 0 Å². The van der Waals surface area contributed by atoms with E-state index in [1.165, 1.54) is 10.6 Å². The minimum atomic E-state index is -3.88. The van der Waals surface area contributed by atoms with Crippen molar-refractivity contribution in [2.45, 2.75) is 44.7 Å². The highest BCUT2D eigenvalue weighted by Gasteiger charge is 2.40. The van der Waals surface area contributed by atoms with Gasteiger partial charge in [0.25, 0.3) is 0 Å². The number of hydrogen-bond donors (Lipinski definition) is 0. The summed E-state index contributed by atoms with van der Waals surface area (Å²) in [6.07, 6.45) is 1.78. The molecule has 2 heterocycles. The molecule has 0 N–H and O–H groups in total. The molecular formula is C18H23NO5S2. The molecule has 1 saturated heterocycles. The zero-order chi connectivity index (χ0) is 19.1. The summed E-state index contributed by atoms with van der Waals surface area (Å²) in [7, 11) is -7.11. The molecule has 8 heteroatoms. The Balaban J connectivity index is 2.08. The highest BCUT2D eigenvalue weighted by molar-refractivity contribution is 7.92. The van der Waals surface area contributed by atoms with Crippen LogP contribution in [-0.2, 0) is 26.4 Å². The molecule has 0 spiro atoms. The second kappa shape index (κ2) is 6.83. The summed E-state index contributed by atoms with van der Waals surface area (Å²) < 4.78 is 57.5. The van der Waals surface area contributed by atoms with Crippen LogP contribution < -0.4 is 0 Å². The lowest BCUT2D eigenvalue weighted by Crippen LogP contribution is -2.41. The fraction of sp³-hybridized carbons (Fsp3) is 0.444. The van der Waals surface area contributed by atoms with Crippen molar-refractivity contribution in [2.24, 2.45) is 0 Å². The van der Waals surface area contributed by atoms with Gasteiger partial charge >= 0.3 is 0 Å². The number of sulfone groups is 1. The molecule has 0 aliphatic carbocycles. The van der Waals surface area contributed by atoms with E-state index in [-0.39, 0.29) is 22.9 Å². The molecule has 0 radical (unpaired) electrons. The zero-order valence-corrected chi connectivity index (χ0v) is 16.7. The Morgan fingerprint density at radius 1 is 1.19 bits per heavy atom. The lowest BCUT2D eigenvalue weighted by Gasteiger charge is -2.28. The Bertz CT molecular complexity index is 985. The standard InChI is InChI=1S/C18H23NO5S2/c1-13-9-14(2)18(15(3)10-13)26(22,23)19(11-17-5-4-7-24-17)16-6-8-25(20,21)12-16/h4-5,7,9-10,16H,6,8,11-12H2,1-3H3/t16-/m1/s1. The van der Waals surface area contributed by atoms with Crippen LogP contribution in [0.25, 0.3) is 0 Å². The predicted octanol–water partition coefficient (Wildman–Crippen LogP) is 2.58. The first kappa shape index (κ1) is 19.1. The van der Waals surface area contributed by atoms with Gasteiger partial charge < -0.3 is 4.42 Å². The summed E-state index contributed by atoms with van der Waals surface area (Å²) in [6, 6.07) is 6.46. The Labute approximate surface area is 154 Å². The first-order valence-corrected chi connectivity index (χ1v) is 11.7. The lowest BCUT2D eigenvalue weighted by atomic mass is 10.1. The van der Waals surface area contributed by atoms with Crippen LogP contribution >= 0.6 is 0 Å². The smallest absolute Gasteiger partial charge is 0.244 e. The van der Waals surface area contributed by atoms with E-state index in [1.807, 2.05) is 19.1 Å². The van der Waals surface area contributed by atoms with Crippen LogP contribution in [0.3, 0.4) is 0 Å². The largest absolute Gasteiger partial charge is 0.468 e. The van der Waals surface area contributed by atoms with E-state index in [0.29, 0.717) is 23.3 Å². The normalized spacial score (nSPS) is 19.9. The van der Waals surface area contributed by atoms with Crippen molar-refractivity contribution in [1.82, 2.24) is 4.31 Å². The molecule has 1 fully saturated rings. The van der Waals surface area contributed by atoms with Crippen molar-refractivity contribution in [1.29, 1.82) is 0 Å². The number of furan rings is 1. The maximum absolute atomic E-state index is 13.5. The highest BCUT2D eigenvalue weighted by Crippen LogP contribution is 2.31. The van der Waals surface area contributed by atoms with Gasteiger partial charge in [-0.3, -0.25) is 0 Å². The van der Waals surface area contributed by atoms with Crippen molar-refractivity contribution in [3.05, 3.63) is 53.0 Å². The summed E-state index contributed by atoms with van der Waals surface area (Å²) in [6.45, 7) is 5.47. The van der Waals surface area contributed by atoms with E-state index < -0.39 is 25.9 Å². The number of sulfonamides is 1. The third-order valence-electron chi connectivity index (χ3n) is 4.68. The van der Waals surface area contributed by atoms with Crippen LogP contribution in [0, 0.1) is 20.8 Å². The van der Waals surface area contributed by atoms with Crippen LogP contribution in [0.4, 0.5) is 0 Å². The van der Waals surface area contributed by atoms with Gasteiger partial charge in [0.05, 0.1) is 29.2 Å². The number of rotatable bonds is 5. The van der Waals surface area contributed by atoms with Crippen LogP contribution in [0.5, 0.6) is 0 Å². The monoisotopic (exact) mass is 397 g/mol. The van der Waals surface area contributed by atoms with Gasteiger partial charge in [0.1, 0.15) is 5.76 Å². The highest BCUT2D eigenvalue weighted by atomic mass is 32.2. The minimum Gasteiger partial charge on any atom is -0.468 e. The van der Waals surface area contributed by atoms with Crippen LogP contribution in [0.1, 0.15) is 28.9 Å². The first-order valence-electron chi connectivity index (χ1n) is 8.43. The molecule has 1 aliphatic rings. The van der Waals surface area contributed by atoms with Gasteiger partial charge in [0.2, 0.25) is 10.0 Å². The summed E-state index contributed by atoms with van der Waals surface area (Å²) in [5, 5.41) is 0. The molecule has 142 valence electrons. The molecule has 1 aromatic carbocycles. The average Bonchev–Trinajstić information content (AvgIpc) is 3.12. The lowest BCUT2D eigenvalue weighted by molar-refractivity contribution is 0.306. The first-order chi connectivity index (χ1) is 12.1. The molecular weight excluding hydrogens is 374 g/mol. The maximum Gasteiger partial charge on any atom is 0.244 e. The van der Waals surface area contributed by atoms with Crippen LogP contribution in [-0.4, -0.2) is 38.7 Å². The predicted molar refractivity (Wildman–Crippen MR) is 99.1 cm³/mol. The van der Waals surface area contributed by atoms with Gasteiger partial charge in [-0.05, 0) is 50.5 Å². The zero-order valence-electron chi connectivity index (χ0n) is 15.1. The third kappa shape index (κ3) is 3.72. The fourth-order valence-electron chi connectivity index (χ4n) is 3.66. The Kier molecular flexibility index (Phi) is 5.02. The van der Waals surface area contributed by atoms with Crippen molar-refractivity contribution >= 4 is 19.9 Å². The quantitative estimate of drug-likeness (QED) is 0.774. The second-order valence-corrected chi connectivity index (χ2v) is 11.0. The van der Waals surface area contributed by atoms with E-state index in [0.717, 1.165) is 5.56 Å². The molecule has 1 aliphatic heterocycles. The molecule has 0 amide bonds. The molecule has 3 rings (SSSR count). The Morgan fingerprint density at radius 2 is 1.85 bits per heavy atom. The van der Waals surface area contributed by atoms with Gasteiger partial charge in [0, 0.05) is 6.04 Å². The maximum atomic E-state index is 13.5. The number of aryl methyl sites for hydroxylation is 3. The van der Waals surface area contributed by atoms with Crippen molar-refractivity contribution < 1.29 is 21.3 Å². The van der Waals surface area contributed by atoms with Gasteiger partial charge in [-0.2, -0.15) is 4.31 Å². The number of nitrogens with zero attached hydrogens (tertiary/aromatic N) is 1. The van der Waals surface area contributed by atoms with E-state index in [1.54, 1.807) is 26.0 Å². The van der Waals surface area contributed by atoms with Crippen molar-refractivity contribution in [3.8, 4) is 0 Å². The van der Waals surface area contributed by atoms with Crippen molar-refractivity contribution in [2.75, 3.05) is 11.5 Å². The van der Waals surface area contributed by atoms with Crippen molar-refractivity contribution in [3.63, 3.8) is 0 Å².